The van der Waals surface area contributed by atoms with Crippen molar-refractivity contribution in [3.05, 3.63) is 23.8 Å². The summed E-state index contributed by atoms with van der Waals surface area (Å²) in [5, 5.41) is 9.94. The zero-order valence-corrected chi connectivity index (χ0v) is 23.4. The van der Waals surface area contributed by atoms with E-state index in [4.69, 9.17) is 19.9 Å². The molecule has 9 nitrogen and oxygen atoms in total. The molecule has 0 aliphatic heterocycles. The molecule has 3 unspecified atom stereocenters. The Labute approximate surface area is 220 Å². The fourth-order valence-electron chi connectivity index (χ4n) is 3.22. The fourth-order valence-corrected chi connectivity index (χ4v) is 3.22. The number of ether oxygens (including phenoxy) is 3. The van der Waals surface area contributed by atoms with Crippen molar-refractivity contribution in [3.8, 4) is 11.5 Å². The SMILES string of the molecule is CCC(C)C(=O)Oc1ccc(CC(N)(C[C@H](C)OC(=O)C(C)(C)CC)C(=O)O)cc1OC(=O)C(C)CC. The zero-order valence-electron chi connectivity index (χ0n) is 23.4. The van der Waals surface area contributed by atoms with Crippen LogP contribution < -0.4 is 15.2 Å². The third kappa shape index (κ3) is 9.14. The molecule has 0 radical (unpaired) electrons. The van der Waals surface area contributed by atoms with Crippen molar-refractivity contribution in [2.45, 2.75) is 99.1 Å². The summed E-state index contributed by atoms with van der Waals surface area (Å²) in [4.78, 5) is 49.5. The van der Waals surface area contributed by atoms with Crippen LogP contribution in [0.25, 0.3) is 0 Å². The van der Waals surface area contributed by atoms with Crippen LogP contribution in [0.2, 0.25) is 0 Å². The number of carboxylic acid groups (broad SMARTS) is 1. The third-order valence-corrected chi connectivity index (χ3v) is 6.80. The van der Waals surface area contributed by atoms with Gasteiger partial charge in [0, 0.05) is 12.8 Å². The smallest absolute Gasteiger partial charge is 0.324 e. The standard InChI is InChI=1S/C28H43NO8/c1-9-17(4)23(30)36-21-13-12-20(14-22(21)37-24(31)18(5)10-2)16-28(29,25(32)33)15-19(6)35-26(34)27(7,8)11-3/h12-14,17-19H,9-11,15-16,29H2,1-8H3,(H,32,33)/t17?,18?,19-,28?/m0/s1. The lowest BCUT2D eigenvalue weighted by molar-refractivity contribution is -0.162. The molecule has 0 aliphatic rings. The van der Waals surface area contributed by atoms with Crippen LogP contribution in [0.4, 0.5) is 0 Å². The summed E-state index contributed by atoms with van der Waals surface area (Å²) < 4.78 is 16.5. The van der Waals surface area contributed by atoms with E-state index >= 15 is 0 Å². The number of rotatable bonds is 14. The minimum absolute atomic E-state index is 0.0105. The van der Waals surface area contributed by atoms with Gasteiger partial charge in [-0.2, -0.15) is 0 Å². The first-order valence-electron chi connectivity index (χ1n) is 12.9. The maximum atomic E-state index is 12.5. The average Bonchev–Trinajstić information content (AvgIpc) is 2.83. The Morgan fingerprint density at radius 3 is 1.89 bits per heavy atom. The van der Waals surface area contributed by atoms with Crippen LogP contribution in [0.5, 0.6) is 11.5 Å². The van der Waals surface area contributed by atoms with Crippen molar-refractivity contribution >= 4 is 23.9 Å². The number of carboxylic acids is 1. The first-order chi connectivity index (χ1) is 17.1. The first-order valence-corrected chi connectivity index (χ1v) is 12.9. The van der Waals surface area contributed by atoms with E-state index in [1.54, 1.807) is 40.7 Å². The van der Waals surface area contributed by atoms with E-state index in [0.29, 0.717) is 24.8 Å². The van der Waals surface area contributed by atoms with Crippen LogP contribution in [0, 0.1) is 17.3 Å². The Kier molecular flexibility index (Phi) is 11.8. The molecule has 9 heteroatoms. The summed E-state index contributed by atoms with van der Waals surface area (Å²) in [5.74, 6) is -3.35. The molecule has 4 atom stereocenters. The molecular weight excluding hydrogens is 478 g/mol. The van der Waals surface area contributed by atoms with Crippen molar-refractivity contribution < 1.29 is 38.5 Å². The summed E-state index contributed by atoms with van der Waals surface area (Å²) >= 11 is 0. The van der Waals surface area contributed by atoms with E-state index in [-0.39, 0.29) is 30.3 Å². The van der Waals surface area contributed by atoms with Crippen LogP contribution in [-0.4, -0.2) is 40.6 Å². The van der Waals surface area contributed by atoms with E-state index in [9.17, 15) is 24.3 Å². The number of esters is 3. The van der Waals surface area contributed by atoms with Gasteiger partial charge in [0.25, 0.3) is 0 Å². The van der Waals surface area contributed by atoms with Gasteiger partial charge in [-0.1, -0.05) is 40.7 Å². The number of nitrogens with two attached hydrogens (primary N) is 1. The van der Waals surface area contributed by atoms with Gasteiger partial charge in [-0.05, 0) is 57.7 Å². The highest BCUT2D eigenvalue weighted by molar-refractivity contribution is 5.80. The summed E-state index contributed by atoms with van der Waals surface area (Å²) in [5.41, 5.74) is 4.28. The second kappa shape index (κ2) is 13.6. The molecule has 0 saturated heterocycles. The number of hydrogen-bond donors (Lipinski definition) is 2. The summed E-state index contributed by atoms with van der Waals surface area (Å²) in [6.45, 7) is 14.1. The predicted octanol–water partition coefficient (Wildman–Crippen LogP) is 4.67. The monoisotopic (exact) mass is 521 g/mol. The molecule has 1 aromatic rings. The maximum absolute atomic E-state index is 12.5. The Morgan fingerprint density at radius 2 is 1.43 bits per heavy atom. The topological polar surface area (TPSA) is 142 Å². The van der Waals surface area contributed by atoms with Crippen LogP contribution in [0.1, 0.15) is 86.6 Å². The highest BCUT2D eigenvalue weighted by Crippen LogP contribution is 2.32. The second-order valence-corrected chi connectivity index (χ2v) is 10.5. The van der Waals surface area contributed by atoms with Crippen molar-refractivity contribution in [2.24, 2.45) is 23.0 Å². The molecule has 37 heavy (non-hydrogen) atoms. The number of carbonyl (C=O) groups excluding carboxylic acids is 3. The van der Waals surface area contributed by atoms with Gasteiger partial charge in [-0.3, -0.25) is 19.2 Å². The van der Waals surface area contributed by atoms with E-state index in [1.807, 2.05) is 20.8 Å². The summed E-state index contributed by atoms with van der Waals surface area (Å²) in [7, 11) is 0. The Hall–Kier alpha value is -2.94. The highest BCUT2D eigenvalue weighted by atomic mass is 16.6. The summed E-state index contributed by atoms with van der Waals surface area (Å²) in [6.07, 6.45) is 0.660. The Morgan fingerprint density at radius 1 is 0.919 bits per heavy atom. The van der Waals surface area contributed by atoms with Crippen LogP contribution in [-0.2, 0) is 30.3 Å². The predicted molar refractivity (Wildman–Crippen MR) is 139 cm³/mol. The highest BCUT2D eigenvalue weighted by Gasteiger charge is 2.38. The molecule has 0 fully saturated rings. The Bertz CT molecular complexity index is 973. The number of hydrogen-bond acceptors (Lipinski definition) is 8. The van der Waals surface area contributed by atoms with E-state index in [2.05, 4.69) is 0 Å². The minimum Gasteiger partial charge on any atom is -0.480 e. The van der Waals surface area contributed by atoms with Gasteiger partial charge < -0.3 is 25.1 Å². The number of benzene rings is 1. The minimum atomic E-state index is -1.77. The molecular formula is C28H43NO8. The zero-order chi connectivity index (χ0) is 28.6. The lowest BCUT2D eigenvalue weighted by atomic mass is 9.86. The maximum Gasteiger partial charge on any atom is 0.324 e. The molecule has 3 N–H and O–H groups in total. The quantitative estimate of drug-likeness (QED) is 0.264. The molecule has 0 heterocycles. The molecule has 0 spiro atoms. The van der Waals surface area contributed by atoms with E-state index in [0.717, 1.165) is 0 Å². The van der Waals surface area contributed by atoms with E-state index in [1.165, 1.54) is 12.1 Å². The second-order valence-electron chi connectivity index (χ2n) is 10.5. The molecule has 208 valence electrons. The third-order valence-electron chi connectivity index (χ3n) is 6.80. The Balaban J connectivity index is 3.26. The van der Waals surface area contributed by atoms with Gasteiger partial charge in [0.05, 0.1) is 17.3 Å². The number of carbonyl (C=O) groups is 4. The van der Waals surface area contributed by atoms with Gasteiger partial charge in [0.2, 0.25) is 0 Å². The van der Waals surface area contributed by atoms with Crippen molar-refractivity contribution in [1.29, 1.82) is 0 Å². The van der Waals surface area contributed by atoms with Gasteiger partial charge in [-0.25, -0.2) is 0 Å². The molecule has 1 aromatic carbocycles. The van der Waals surface area contributed by atoms with Gasteiger partial charge in [0.15, 0.2) is 11.5 Å². The molecule has 0 amide bonds. The van der Waals surface area contributed by atoms with Crippen LogP contribution in [0.3, 0.4) is 0 Å². The first kappa shape index (κ1) is 32.1. The van der Waals surface area contributed by atoms with Crippen molar-refractivity contribution in [2.75, 3.05) is 0 Å². The number of aliphatic carboxylic acids is 1. The van der Waals surface area contributed by atoms with Crippen molar-refractivity contribution in [1.82, 2.24) is 0 Å². The summed E-state index contributed by atoms with van der Waals surface area (Å²) in [6, 6.07) is 4.49. The molecule has 0 saturated carbocycles. The molecule has 1 rings (SSSR count). The van der Waals surface area contributed by atoms with E-state index < -0.39 is 46.9 Å². The fraction of sp³-hybridized carbons (Fsp3) is 0.643. The normalized spacial score (nSPS) is 15.6. The van der Waals surface area contributed by atoms with Crippen molar-refractivity contribution in [3.63, 3.8) is 0 Å². The van der Waals surface area contributed by atoms with Gasteiger partial charge in [0.1, 0.15) is 11.6 Å². The lowest BCUT2D eigenvalue weighted by Crippen LogP contribution is -2.52. The molecule has 0 aromatic heterocycles. The van der Waals surface area contributed by atoms with Crippen LogP contribution in [0.15, 0.2) is 18.2 Å². The lowest BCUT2D eigenvalue weighted by Gasteiger charge is -2.30. The van der Waals surface area contributed by atoms with Gasteiger partial charge in [-0.15, -0.1) is 0 Å². The largest absolute Gasteiger partial charge is 0.480 e. The van der Waals surface area contributed by atoms with Crippen LogP contribution >= 0.6 is 0 Å². The van der Waals surface area contributed by atoms with Gasteiger partial charge >= 0.3 is 23.9 Å². The average molecular weight is 522 g/mol. The molecule has 0 aliphatic carbocycles. The molecule has 0 bridgehead atoms.